The van der Waals surface area contributed by atoms with Crippen molar-refractivity contribution in [2.45, 2.75) is 25.2 Å². The number of carbonyl (C=O) groups is 1. The molecule has 0 aliphatic carbocycles. The number of hydrogen-bond acceptors (Lipinski definition) is 4. The van der Waals surface area contributed by atoms with Gasteiger partial charge in [-0.1, -0.05) is 29.8 Å². The summed E-state index contributed by atoms with van der Waals surface area (Å²) >= 11 is 3.30. The monoisotopic (exact) mass is 432 g/mol. The topological polar surface area (TPSA) is 66.9 Å². The van der Waals surface area contributed by atoms with Crippen LogP contribution in [0.5, 0.6) is 0 Å². The van der Waals surface area contributed by atoms with Gasteiger partial charge in [0, 0.05) is 37.3 Å². The number of nitrogens with zero attached hydrogens (tertiary/aromatic N) is 2. The summed E-state index contributed by atoms with van der Waals surface area (Å²) in [7, 11) is -3.51. The lowest BCUT2D eigenvalue weighted by Gasteiger charge is -2.34. The molecule has 0 aromatic heterocycles. The van der Waals surface area contributed by atoms with Gasteiger partial charge in [0.25, 0.3) is 0 Å². The second kappa shape index (κ2) is 9.12. The molecule has 25 heavy (non-hydrogen) atoms. The van der Waals surface area contributed by atoms with Crippen LogP contribution in [0.3, 0.4) is 0 Å². The van der Waals surface area contributed by atoms with Gasteiger partial charge in [-0.2, -0.15) is 4.31 Å². The number of ether oxygens (including phenoxy) is 1. The predicted octanol–water partition coefficient (Wildman–Crippen LogP) is 2.34. The lowest BCUT2D eigenvalue weighted by Crippen LogP contribution is -2.50. The molecular weight excluding hydrogens is 408 g/mol. The first kappa shape index (κ1) is 20.4. The van der Waals surface area contributed by atoms with E-state index in [9.17, 15) is 13.2 Å². The average Bonchev–Trinajstić information content (AvgIpc) is 2.59. The van der Waals surface area contributed by atoms with Gasteiger partial charge in [0.15, 0.2) is 0 Å². The molecule has 6 nitrogen and oxygen atoms in total. The molecule has 1 saturated heterocycles. The van der Waals surface area contributed by atoms with Crippen molar-refractivity contribution in [3.05, 3.63) is 28.7 Å². The zero-order valence-electron chi connectivity index (χ0n) is 14.7. The number of halogens is 1. The molecule has 2 rings (SSSR count). The SMILES string of the molecule is CC(C)COCCC(=O)N1CCN(S(=O)(=O)c2ccc(Br)cc2)CC1. The first-order valence-corrected chi connectivity index (χ1v) is 10.6. The van der Waals surface area contributed by atoms with Gasteiger partial charge in [-0.15, -0.1) is 0 Å². The molecule has 0 spiro atoms. The average molecular weight is 433 g/mol. The lowest BCUT2D eigenvalue weighted by molar-refractivity contribution is -0.133. The number of hydrogen-bond donors (Lipinski definition) is 0. The van der Waals surface area contributed by atoms with Gasteiger partial charge in [0.05, 0.1) is 17.9 Å². The highest BCUT2D eigenvalue weighted by Crippen LogP contribution is 2.20. The van der Waals surface area contributed by atoms with Gasteiger partial charge in [-0.25, -0.2) is 8.42 Å². The zero-order valence-corrected chi connectivity index (χ0v) is 17.1. The first-order chi connectivity index (χ1) is 11.8. The Bertz CT molecular complexity index is 668. The molecular formula is C17H25BrN2O4S. The summed E-state index contributed by atoms with van der Waals surface area (Å²) in [4.78, 5) is 14.2. The molecule has 8 heteroatoms. The molecule has 1 aliphatic rings. The molecule has 0 radical (unpaired) electrons. The van der Waals surface area contributed by atoms with Crippen molar-refractivity contribution in [1.82, 2.24) is 9.21 Å². The van der Waals surface area contributed by atoms with E-state index < -0.39 is 10.0 Å². The summed E-state index contributed by atoms with van der Waals surface area (Å²) in [5, 5.41) is 0. The van der Waals surface area contributed by atoms with E-state index in [2.05, 4.69) is 29.8 Å². The van der Waals surface area contributed by atoms with Crippen LogP contribution in [-0.4, -0.2) is 62.9 Å². The second-order valence-corrected chi connectivity index (χ2v) is 9.31. The molecule has 0 atom stereocenters. The van der Waals surface area contributed by atoms with Gasteiger partial charge >= 0.3 is 0 Å². The van der Waals surface area contributed by atoms with Gasteiger partial charge in [0.1, 0.15) is 0 Å². The number of benzene rings is 1. The quantitative estimate of drug-likeness (QED) is 0.620. The van der Waals surface area contributed by atoms with E-state index >= 15 is 0 Å². The summed E-state index contributed by atoms with van der Waals surface area (Å²) in [5.74, 6) is 0.465. The molecule has 1 fully saturated rings. The zero-order chi connectivity index (χ0) is 18.4. The van der Waals surface area contributed by atoms with Crippen molar-refractivity contribution in [2.24, 2.45) is 5.92 Å². The molecule has 0 saturated carbocycles. The van der Waals surface area contributed by atoms with Crippen LogP contribution < -0.4 is 0 Å². The highest BCUT2D eigenvalue weighted by Gasteiger charge is 2.29. The van der Waals surface area contributed by atoms with E-state index in [1.54, 1.807) is 29.2 Å². The Labute approximate surface area is 158 Å². The molecule has 1 aromatic rings. The molecule has 1 amide bonds. The third-order valence-corrected chi connectivity index (χ3v) is 6.40. The van der Waals surface area contributed by atoms with E-state index in [4.69, 9.17) is 4.74 Å². The second-order valence-electron chi connectivity index (χ2n) is 6.46. The Morgan fingerprint density at radius 3 is 2.32 bits per heavy atom. The fraction of sp³-hybridized carbons (Fsp3) is 0.588. The van der Waals surface area contributed by atoms with Gasteiger partial charge in [-0.05, 0) is 30.2 Å². The van der Waals surface area contributed by atoms with E-state index in [-0.39, 0.29) is 10.8 Å². The molecule has 1 aromatic carbocycles. The minimum Gasteiger partial charge on any atom is -0.381 e. The third kappa shape index (κ3) is 5.77. The summed E-state index contributed by atoms with van der Waals surface area (Å²) < 4.78 is 33.0. The summed E-state index contributed by atoms with van der Waals surface area (Å²) in [6, 6.07) is 6.60. The highest BCUT2D eigenvalue weighted by molar-refractivity contribution is 9.10. The minimum absolute atomic E-state index is 0.0180. The Morgan fingerprint density at radius 1 is 1.16 bits per heavy atom. The molecule has 0 unspecified atom stereocenters. The highest BCUT2D eigenvalue weighted by atomic mass is 79.9. The fourth-order valence-electron chi connectivity index (χ4n) is 2.57. The Hall–Kier alpha value is -0.960. The maximum Gasteiger partial charge on any atom is 0.243 e. The van der Waals surface area contributed by atoms with Crippen molar-refractivity contribution >= 4 is 31.9 Å². The van der Waals surface area contributed by atoms with Gasteiger partial charge in [0.2, 0.25) is 15.9 Å². The number of rotatable bonds is 7. The van der Waals surface area contributed by atoms with Gasteiger partial charge < -0.3 is 9.64 Å². The summed E-state index contributed by atoms with van der Waals surface area (Å²) in [5.41, 5.74) is 0. The summed E-state index contributed by atoms with van der Waals surface area (Å²) in [6.07, 6.45) is 0.339. The number of amides is 1. The van der Waals surface area contributed by atoms with Crippen molar-refractivity contribution < 1.29 is 17.9 Å². The first-order valence-electron chi connectivity index (χ1n) is 8.42. The maximum absolute atomic E-state index is 12.6. The maximum atomic E-state index is 12.6. The van der Waals surface area contributed by atoms with Crippen LogP contribution in [0.1, 0.15) is 20.3 Å². The molecule has 0 N–H and O–H groups in total. The smallest absolute Gasteiger partial charge is 0.243 e. The predicted molar refractivity (Wildman–Crippen MR) is 99.8 cm³/mol. The van der Waals surface area contributed by atoms with Crippen LogP contribution in [0.25, 0.3) is 0 Å². The van der Waals surface area contributed by atoms with Crippen molar-refractivity contribution in [3.63, 3.8) is 0 Å². The van der Waals surface area contributed by atoms with E-state index in [0.717, 1.165) is 4.47 Å². The van der Waals surface area contributed by atoms with Crippen LogP contribution in [0.15, 0.2) is 33.6 Å². The number of carbonyl (C=O) groups excluding carboxylic acids is 1. The van der Waals surface area contributed by atoms with E-state index in [0.29, 0.717) is 51.7 Å². The van der Waals surface area contributed by atoms with E-state index in [1.807, 2.05) is 0 Å². The largest absolute Gasteiger partial charge is 0.381 e. The fourth-order valence-corrected chi connectivity index (χ4v) is 4.26. The van der Waals surface area contributed by atoms with Crippen LogP contribution in [0, 0.1) is 5.92 Å². The summed E-state index contributed by atoms with van der Waals surface area (Å²) in [6.45, 7) is 6.65. The van der Waals surface area contributed by atoms with Crippen LogP contribution in [0.4, 0.5) is 0 Å². The van der Waals surface area contributed by atoms with E-state index in [1.165, 1.54) is 4.31 Å². The molecule has 0 bridgehead atoms. The standard InChI is InChI=1S/C17H25BrN2O4S/c1-14(2)13-24-12-7-17(21)19-8-10-20(11-9-19)25(22,23)16-5-3-15(18)4-6-16/h3-6,14H,7-13H2,1-2H3. The van der Waals surface area contributed by atoms with Crippen LogP contribution in [0.2, 0.25) is 0 Å². The van der Waals surface area contributed by atoms with Crippen molar-refractivity contribution in [2.75, 3.05) is 39.4 Å². The Morgan fingerprint density at radius 2 is 1.76 bits per heavy atom. The lowest BCUT2D eigenvalue weighted by atomic mass is 10.2. The molecule has 1 aliphatic heterocycles. The van der Waals surface area contributed by atoms with Crippen molar-refractivity contribution in [3.8, 4) is 0 Å². The molecule has 1 heterocycles. The molecule has 140 valence electrons. The van der Waals surface area contributed by atoms with Crippen LogP contribution in [-0.2, 0) is 19.6 Å². The van der Waals surface area contributed by atoms with Crippen LogP contribution >= 0.6 is 15.9 Å². The number of piperazine rings is 1. The Kier molecular flexibility index (Phi) is 7.42. The minimum atomic E-state index is -3.51. The van der Waals surface area contributed by atoms with Gasteiger partial charge in [-0.3, -0.25) is 4.79 Å². The normalized spacial score (nSPS) is 16.4. The Balaban J connectivity index is 1.84. The van der Waals surface area contributed by atoms with Crippen molar-refractivity contribution in [1.29, 1.82) is 0 Å². The third-order valence-electron chi connectivity index (χ3n) is 3.95. The number of sulfonamides is 1.